The number of fused-ring (bicyclic) bond motifs is 1. The second kappa shape index (κ2) is 8.28. The number of aromatic nitrogens is 3. The van der Waals surface area contributed by atoms with Crippen LogP contribution in [0.4, 0.5) is 5.82 Å². The van der Waals surface area contributed by atoms with Gasteiger partial charge < -0.3 is 20.9 Å². The number of carbonyl (C=O) groups excluding carboxylic acids is 1. The summed E-state index contributed by atoms with van der Waals surface area (Å²) in [5, 5.41) is 4.02. The number of carbonyl (C=O) groups is 1. The van der Waals surface area contributed by atoms with Crippen LogP contribution in [0, 0.1) is 5.92 Å². The number of nitrogens with two attached hydrogens (primary N) is 1. The van der Waals surface area contributed by atoms with Gasteiger partial charge in [0.05, 0.1) is 10.3 Å². The lowest BCUT2D eigenvalue weighted by Gasteiger charge is -2.26. The molecule has 4 N–H and O–H groups in total. The quantitative estimate of drug-likeness (QED) is 0.733. The van der Waals surface area contributed by atoms with Crippen LogP contribution in [0.1, 0.15) is 19.3 Å². The van der Waals surface area contributed by atoms with Crippen molar-refractivity contribution in [3.05, 3.63) is 29.7 Å². The van der Waals surface area contributed by atoms with Crippen molar-refractivity contribution in [1.82, 2.24) is 20.3 Å². The van der Waals surface area contributed by atoms with E-state index in [4.69, 9.17) is 5.73 Å². The first-order chi connectivity index (χ1) is 12.2. The average molecular weight is 395 g/mol. The van der Waals surface area contributed by atoms with E-state index in [9.17, 15) is 4.79 Å². The van der Waals surface area contributed by atoms with E-state index in [1.165, 1.54) is 0 Å². The summed E-state index contributed by atoms with van der Waals surface area (Å²) in [7, 11) is 0. The molecule has 3 heterocycles. The maximum absolute atomic E-state index is 12.5. The van der Waals surface area contributed by atoms with Crippen molar-refractivity contribution in [3.8, 4) is 0 Å². The van der Waals surface area contributed by atoms with E-state index in [2.05, 4.69) is 20.3 Å². The Morgan fingerprint density at radius 3 is 3.12 bits per heavy atom. The van der Waals surface area contributed by atoms with Crippen LogP contribution in [0.5, 0.6) is 0 Å². The van der Waals surface area contributed by atoms with Gasteiger partial charge in [-0.15, -0.1) is 24.2 Å². The van der Waals surface area contributed by atoms with Gasteiger partial charge in [-0.2, -0.15) is 0 Å². The van der Waals surface area contributed by atoms with Crippen LogP contribution in [0.15, 0.2) is 29.7 Å². The highest BCUT2D eigenvalue weighted by atomic mass is 35.5. The van der Waals surface area contributed by atoms with Crippen molar-refractivity contribution in [2.75, 3.05) is 23.7 Å². The molecule has 2 atom stereocenters. The molecule has 0 spiro atoms. The van der Waals surface area contributed by atoms with E-state index in [0.29, 0.717) is 12.5 Å². The minimum atomic E-state index is -0.0202. The molecule has 7 nitrogen and oxygen atoms in total. The number of nitrogens with one attached hydrogen (secondary N) is 2. The Labute approximate surface area is 162 Å². The number of nitrogens with zero attached hydrogens (tertiary/aromatic N) is 3. The fourth-order valence-corrected chi connectivity index (χ4v) is 4.42. The van der Waals surface area contributed by atoms with Gasteiger partial charge in [-0.25, -0.2) is 9.97 Å². The zero-order valence-corrected chi connectivity index (χ0v) is 16.0. The number of rotatable bonds is 4. The van der Waals surface area contributed by atoms with E-state index in [0.717, 1.165) is 53.3 Å². The molecular weight excluding hydrogens is 372 g/mol. The van der Waals surface area contributed by atoms with Gasteiger partial charge in [0.2, 0.25) is 0 Å². The predicted molar refractivity (Wildman–Crippen MR) is 107 cm³/mol. The molecule has 1 amide bonds. The minimum Gasteiger partial charge on any atom is -0.351 e. The molecule has 2 aliphatic rings. The van der Waals surface area contributed by atoms with Crippen molar-refractivity contribution in [1.29, 1.82) is 0 Å². The third-order valence-electron chi connectivity index (χ3n) is 4.93. The van der Waals surface area contributed by atoms with Crippen molar-refractivity contribution in [2.24, 2.45) is 11.7 Å². The van der Waals surface area contributed by atoms with Crippen molar-refractivity contribution >= 4 is 46.9 Å². The Morgan fingerprint density at radius 1 is 1.42 bits per heavy atom. The maximum Gasteiger partial charge on any atom is 0.259 e. The Kier molecular flexibility index (Phi) is 6.05. The number of halogens is 1. The highest BCUT2D eigenvalue weighted by Gasteiger charge is 2.25. The third-order valence-corrected chi connectivity index (χ3v) is 5.92. The second-order valence-corrected chi connectivity index (χ2v) is 7.67. The van der Waals surface area contributed by atoms with Crippen LogP contribution in [-0.2, 0) is 4.79 Å². The van der Waals surface area contributed by atoms with E-state index >= 15 is 0 Å². The Balaban J connectivity index is 0.00000196. The number of amides is 1. The van der Waals surface area contributed by atoms with Crippen LogP contribution in [-0.4, -0.2) is 45.7 Å². The van der Waals surface area contributed by atoms with Crippen LogP contribution in [0.25, 0.3) is 11.0 Å². The van der Waals surface area contributed by atoms with Gasteiger partial charge >= 0.3 is 0 Å². The van der Waals surface area contributed by atoms with Gasteiger partial charge in [-0.05, 0) is 24.8 Å². The SMILES string of the molecule is Cl.N[C@H]1CCC[C@@H]1CNC(=O)C1=CN(c2ncnc3[nH]ccc23)CCS1. The van der Waals surface area contributed by atoms with E-state index in [1.54, 1.807) is 18.1 Å². The lowest BCUT2D eigenvalue weighted by Crippen LogP contribution is -2.37. The molecule has 0 saturated heterocycles. The van der Waals surface area contributed by atoms with Crippen LogP contribution in [0.2, 0.25) is 0 Å². The number of H-pyrrole nitrogens is 1. The highest BCUT2D eigenvalue weighted by Crippen LogP contribution is 2.29. The summed E-state index contributed by atoms with van der Waals surface area (Å²) in [6, 6.07) is 2.18. The summed E-state index contributed by atoms with van der Waals surface area (Å²) in [6.07, 6.45) is 8.62. The van der Waals surface area contributed by atoms with E-state index < -0.39 is 0 Å². The summed E-state index contributed by atoms with van der Waals surface area (Å²) in [4.78, 5) is 27.0. The predicted octanol–water partition coefficient (Wildman–Crippen LogP) is 2.02. The Hall–Kier alpha value is -1.77. The molecule has 0 radical (unpaired) electrons. The first-order valence-corrected chi connectivity index (χ1v) is 9.64. The highest BCUT2D eigenvalue weighted by molar-refractivity contribution is 8.04. The molecule has 0 bridgehead atoms. The molecule has 1 aliphatic heterocycles. The molecule has 1 fully saturated rings. The molecule has 1 saturated carbocycles. The van der Waals surface area contributed by atoms with Crippen LogP contribution in [0.3, 0.4) is 0 Å². The van der Waals surface area contributed by atoms with Crippen LogP contribution < -0.4 is 16.0 Å². The molecule has 2 aromatic heterocycles. The summed E-state index contributed by atoms with van der Waals surface area (Å²) >= 11 is 1.59. The number of hydrogen-bond acceptors (Lipinski definition) is 6. The Morgan fingerprint density at radius 2 is 2.31 bits per heavy atom. The summed E-state index contributed by atoms with van der Waals surface area (Å²) < 4.78 is 0. The fourth-order valence-electron chi connectivity index (χ4n) is 3.51. The lowest BCUT2D eigenvalue weighted by molar-refractivity contribution is -0.117. The molecule has 9 heteroatoms. The summed E-state index contributed by atoms with van der Waals surface area (Å²) in [6.45, 7) is 1.47. The topological polar surface area (TPSA) is 99.9 Å². The molecule has 1 aliphatic carbocycles. The van der Waals surface area contributed by atoms with Crippen molar-refractivity contribution in [2.45, 2.75) is 25.3 Å². The normalized spacial score (nSPS) is 22.8. The average Bonchev–Trinajstić information content (AvgIpc) is 3.28. The largest absolute Gasteiger partial charge is 0.351 e. The number of aromatic amines is 1. The monoisotopic (exact) mass is 394 g/mol. The minimum absolute atomic E-state index is 0. The summed E-state index contributed by atoms with van der Waals surface area (Å²) in [5.41, 5.74) is 6.89. The third kappa shape index (κ3) is 3.82. The van der Waals surface area contributed by atoms with Crippen LogP contribution >= 0.6 is 24.2 Å². The van der Waals surface area contributed by atoms with Gasteiger partial charge in [0.1, 0.15) is 17.8 Å². The molecule has 2 aromatic rings. The van der Waals surface area contributed by atoms with E-state index in [-0.39, 0.29) is 24.4 Å². The second-order valence-electron chi connectivity index (χ2n) is 6.54. The van der Waals surface area contributed by atoms with Crippen molar-refractivity contribution < 1.29 is 4.79 Å². The number of anilines is 1. The molecule has 0 unspecified atom stereocenters. The molecule has 140 valence electrons. The van der Waals surface area contributed by atoms with Crippen molar-refractivity contribution in [3.63, 3.8) is 0 Å². The fraction of sp³-hybridized carbons (Fsp3) is 0.471. The summed E-state index contributed by atoms with van der Waals surface area (Å²) in [5.74, 6) is 2.05. The molecular formula is C17H23ClN6OS. The standard InChI is InChI=1S/C17H22N6OS.ClH/c18-13-3-1-2-11(13)8-20-17(24)14-9-23(6-7-25-14)16-12-4-5-19-15(12)21-10-22-16;/h4-5,9-11,13H,1-3,6-8,18H2,(H,20,24)(H,19,21,22);1H/t11-,13+;/m1./s1. The molecule has 4 rings (SSSR count). The first kappa shape index (κ1) is 19.0. The lowest BCUT2D eigenvalue weighted by atomic mass is 10.1. The number of hydrogen-bond donors (Lipinski definition) is 3. The smallest absolute Gasteiger partial charge is 0.259 e. The van der Waals surface area contributed by atoms with Gasteiger partial charge in [0.25, 0.3) is 5.91 Å². The number of thioether (sulfide) groups is 1. The Bertz CT molecular complexity index is 809. The maximum atomic E-state index is 12.5. The zero-order chi connectivity index (χ0) is 17.2. The molecule has 0 aromatic carbocycles. The van der Waals surface area contributed by atoms with Gasteiger partial charge in [-0.3, -0.25) is 4.79 Å². The van der Waals surface area contributed by atoms with Gasteiger partial charge in [0, 0.05) is 37.3 Å². The molecule has 26 heavy (non-hydrogen) atoms. The van der Waals surface area contributed by atoms with Gasteiger partial charge in [0.15, 0.2) is 0 Å². The van der Waals surface area contributed by atoms with E-state index in [1.807, 2.05) is 23.4 Å². The first-order valence-electron chi connectivity index (χ1n) is 8.65. The zero-order valence-electron chi connectivity index (χ0n) is 14.4. The van der Waals surface area contributed by atoms with Gasteiger partial charge in [-0.1, -0.05) is 6.42 Å².